The fourth-order valence-electron chi connectivity index (χ4n) is 1.68. The van der Waals surface area contributed by atoms with Crippen LogP contribution in [0.3, 0.4) is 0 Å². The minimum Gasteiger partial charge on any atom is -0.468 e. The Bertz CT molecular complexity index is 332. The minimum atomic E-state index is 0.0525. The van der Waals surface area contributed by atoms with Crippen LogP contribution < -0.4 is 10.2 Å². The second-order valence-electron chi connectivity index (χ2n) is 3.29. The number of anilines is 2. The van der Waals surface area contributed by atoms with Gasteiger partial charge in [0.15, 0.2) is 0 Å². The lowest BCUT2D eigenvalue weighted by molar-refractivity contribution is -0.116. The van der Waals surface area contributed by atoms with Gasteiger partial charge in [0, 0.05) is 13.5 Å². The Morgan fingerprint density at radius 1 is 1.69 bits per heavy atom. The van der Waals surface area contributed by atoms with Crippen LogP contribution in [-0.4, -0.2) is 18.5 Å². The lowest BCUT2D eigenvalue weighted by Gasteiger charge is -2.32. The van der Waals surface area contributed by atoms with E-state index in [0.717, 1.165) is 17.9 Å². The van der Waals surface area contributed by atoms with E-state index >= 15 is 0 Å². The summed E-state index contributed by atoms with van der Waals surface area (Å²) in [5.41, 5.74) is 1.74. The number of hydrogen-bond donors (Lipinski definition) is 1. The average molecular weight is 180 g/mol. The van der Waals surface area contributed by atoms with Crippen LogP contribution in [0.2, 0.25) is 0 Å². The summed E-state index contributed by atoms with van der Waals surface area (Å²) >= 11 is 0. The predicted molar refractivity (Wildman–Crippen MR) is 49.8 cm³/mol. The second kappa shape index (κ2) is 2.80. The van der Waals surface area contributed by atoms with Crippen molar-refractivity contribution in [2.75, 3.05) is 16.8 Å². The van der Waals surface area contributed by atoms with E-state index in [1.807, 2.05) is 6.92 Å². The van der Waals surface area contributed by atoms with Crippen molar-refractivity contribution in [3.05, 3.63) is 12.5 Å². The van der Waals surface area contributed by atoms with Crippen molar-refractivity contribution in [3.8, 4) is 0 Å². The van der Waals surface area contributed by atoms with E-state index < -0.39 is 0 Å². The summed E-state index contributed by atoms with van der Waals surface area (Å²) in [7, 11) is 0. The molecule has 13 heavy (non-hydrogen) atoms. The standard InChI is InChI=1S/C9H12N2O2/c1-6-3-10-8-4-13-5-9(8)11(6)7(2)12/h4-6,10H,3H2,1-2H3. The van der Waals surface area contributed by atoms with Crippen LogP contribution in [0.5, 0.6) is 0 Å². The predicted octanol–water partition coefficient (Wildman–Crippen LogP) is 1.45. The fourth-order valence-corrected chi connectivity index (χ4v) is 1.68. The van der Waals surface area contributed by atoms with Crippen LogP contribution in [0.4, 0.5) is 11.4 Å². The van der Waals surface area contributed by atoms with E-state index in [1.54, 1.807) is 24.3 Å². The molecule has 0 radical (unpaired) electrons. The molecule has 4 heteroatoms. The van der Waals surface area contributed by atoms with Gasteiger partial charge in [0.25, 0.3) is 0 Å². The maximum Gasteiger partial charge on any atom is 0.224 e. The van der Waals surface area contributed by atoms with Crippen LogP contribution in [-0.2, 0) is 4.79 Å². The zero-order chi connectivity index (χ0) is 9.42. The number of hydrogen-bond acceptors (Lipinski definition) is 3. The third-order valence-corrected chi connectivity index (χ3v) is 2.27. The van der Waals surface area contributed by atoms with Gasteiger partial charge in [-0.15, -0.1) is 0 Å². The van der Waals surface area contributed by atoms with Crippen LogP contribution >= 0.6 is 0 Å². The van der Waals surface area contributed by atoms with Gasteiger partial charge in [-0.3, -0.25) is 4.79 Å². The maximum atomic E-state index is 11.3. The number of nitrogens with one attached hydrogen (secondary N) is 1. The number of amides is 1. The summed E-state index contributed by atoms with van der Waals surface area (Å²) in [6, 6.07) is 0.183. The van der Waals surface area contributed by atoms with Crippen molar-refractivity contribution < 1.29 is 9.21 Å². The van der Waals surface area contributed by atoms with Gasteiger partial charge in [0.2, 0.25) is 5.91 Å². The molecule has 4 nitrogen and oxygen atoms in total. The molecule has 0 aromatic carbocycles. The number of fused-ring (bicyclic) bond motifs is 1. The van der Waals surface area contributed by atoms with Crippen molar-refractivity contribution in [1.82, 2.24) is 0 Å². The van der Waals surface area contributed by atoms with Crippen molar-refractivity contribution in [3.63, 3.8) is 0 Å². The van der Waals surface area contributed by atoms with E-state index in [4.69, 9.17) is 4.42 Å². The van der Waals surface area contributed by atoms with E-state index in [1.165, 1.54) is 0 Å². The second-order valence-corrected chi connectivity index (χ2v) is 3.29. The van der Waals surface area contributed by atoms with Crippen molar-refractivity contribution in [2.24, 2.45) is 0 Å². The molecule has 1 aliphatic heterocycles. The first-order chi connectivity index (χ1) is 6.20. The van der Waals surface area contributed by atoms with Gasteiger partial charge in [-0.25, -0.2) is 0 Å². The lowest BCUT2D eigenvalue weighted by atomic mass is 10.2. The highest BCUT2D eigenvalue weighted by Crippen LogP contribution is 2.32. The molecule has 0 fully saturated rings. The minimum absolute atomic E-state index is 0.0525. The van der Waals surface area contributed by atoms with Crippen LogP contribution in [0.1, 0.15) is 13.8 Å². The third-order valence-electron chi connectivity index (χ3n) is 2.27. The van der Waals surface area contributed by atoms with Crippen molar-refractivity contribution >= 4 is 17.3 Å². The van der Waals surface area contributed by atoms with Gasteiger partial charge < -0.3 is 14.6 Å². The molecule has 1 aromatic rings. The number of furan rings is 1. The topological polar surface area (TPSA) is 45.5 Å². The molecule has 1 amide bonds. The Hall–Kier alpha value is -1.45. The first-order valence-electron chi connectivity index (χ1n) is 4.30. The zero-order valence-electron chi connectivity index (χ0n) is 7.70. The van der Waals surface area contributed by atoms with Gasteiger partial charge in [-0.2, -0.15) is 0 Å². The molecule has 0 spiro atoms. The Labute approximate surface area is 76.5 Å². The molecule has 70 valence electrons. The molecule has 1 atom stereocenters. The van der Waals surface area contributed by atoms with Gasteiger partial charge in [-0.1, -0.05) is 0 Å². The number of nitrogens with zero attached hydrogens (tertiary/aromatic N) is 1. The summed E-state index contributed by atoms with van der Waals surface area (Å²) < 4.78 is 5.04. The number of carbonyl (C=O) groups excluding carboxylic acids is 1. The number of rotatable bonds is 0. The van der Waals surface area contributed by atoms with Crippen LogP contribution in [0, 0.1) is 0 Å². The third kappa shape index (κ3) is 1.18. The molecular formula is C9H12N2O2. The average Bonchev–Trinajstić information content (AvgIpc) is 2.50. The molecular weight excluding hydrogens is 168 g/mol. The molecule has 1 aliphatic rings. The zero-order valence-corrected chi connectivity index (χ0v) is 7.70. The normalized spacial score (nSPS) is 20.8. The van der Waals surface area contributed by atoms with E-state index in [-0.39, 0.29) is 11.9 Å². The summed E-state index contributed by atoms with van der Waals surface area (Å²) in [5, 5.41) is 3.19. The Morgan fingerprint density at radius 3 is 3.15 bits per heavy atom. The van der Waals surface area contributed by atoms with Gasteiger partial charge >= 0.3 is 0 Å². The van der Waals surface area contributed by atoms with E-state index in [9.17, 15) is 4.79 Å². The summed E-state index contributed by atoms with van der Waals surface area (Å²) in [6.45, 7) is 4.34. The Kier molecular flexibility index (Phi) is 1.76. The highest BCUT2D eigenvalue weighted by Gasteiger charge is 2.26. The molecule has 2 rings (SSSR count). The van der Waals surface area contributed by atoms with Crippen LogP contribution in [0.15, 0.2) is 16.9 Å². The molecule has 0 saturated heterocycles. The monoisotopic (exact) mass is 180 g/mol. The van der Waals surface area contributed by atoms with Gasteiger partial charge in [0.05, 0.1) is 11.7 Å². The molecule has 0 aliphatic carbocycles. The Balaban J connectivity index is 2.41. The molecule has 1 unspecified atom stereocenters. The highest BCUT2D eigenvalue weighted by atomic mass is 16.3. The maximum absolute atomic E-state index is 11.3. The first-order valence-corrected chi connectivity index (χ1v) is 4.30. The highest BCUT2D eigenvalue weighted by molar-refractivity contribution is 5.96. The lowest BCUT2D eigenvalue weighted by Crippen LogP contribution is -2.44. The fraction of sp³-hybridized carbons (Fsp3) is 0.444. The van der Waals surface area contributed by atoms with E-state index in [0.29, 0.717) is 0 Å². The first kappa shape index (κ1) is 8.16. The number of carbonyl (C=O) groups is 1. The Morgan fingerprint density at radius 2 is 2.46 bits per heavy atom. The van der Waals surface area contributed by atoms with Crippen LogP contribution in [0.25, 0.3) is 0 Å². The van der Waals surface area contributed by atoms with Crippen molar-refractivity contribution in [2.45, 2.75) is 19.9 Å². The largest absolute Gasteiger partial charge is 0.468 e. The summed E-state index contributed by atoms with van der Waals surface area (Å²) in [5.74, 6) is 0.0525. The van der Waals surface area contributed by atoms with Crippen molar-refractivity contribution in [1.29, 1.82) is 0 Å². The van der Waals surface area contributed by atoms with E-state index in [2.05, 4.69) is 5.32 Å². The molecule has 2 heterocycles. The molecule has 0 saturated carbocycles. The molecule has 1 aromatic heterocycles. The van der Waals surface area contributed by atoms with Gasteiger partial charge in [0.1, 0.15) is 18.2 Å². The SMILES string of the molecule is CC(=O)N1c2cocc2NCC1C. The summed E-state index contributed by atoms with van der Waals surface area (Å²) in [6.07, 6.45) is 3.22. The smallest absolute Gasteiger partial charge is 0.224 e. The molecule has 1 N–H and O–H groups in total. The summed E-state index contributed by atoms with van der Waals surface area (Å²) in [4.78, 5) is 13.1. The van der Waals surface area contributed by atoms with Gasteiger partial charge in [-0.05, 0) is 6.92 Å². The quantitative estimate of drug-likeness (QED) is 0.657. The molecule has 0 bridgehead atoms.